The molecule has 2 saturated heterocycles. The molecule has 0 bridgehead atoms. The molecule has 18 heteroatoms. The van der Waals surface area contributed by atoms with E-state index in [1.165, 1.54) is 6.42 Å². The maximum atomic E-state index is 12.5. The molecule has 0 aromatic heterocycles. The average Bonchev–Trinajstić information content (AvgIpc) is 3.79. The van der Waals surface area contributed by atoms with Crippen molar-refractivity contribution in [2.75, 3.05) is 91.8 Å². The summed E-state index contributed by atoms with van der Waals surface area (Å²) in [5.41, 5.74) is 0. The van der Waals surface area contributed by atoms with Gasteiger partial charge in [-0.25, -0.2) is 28.8 Å². The third-order valence-electron chi connectivity index (χ3n) is 10.4. The lowest BCUT2D eigenvalue weighted by atomic mass is 9.65. The van der Waals surface area contributed by atoms with E-state index in [2.05, 4.69) is 68.5 Å². The largest absolute Gasteiger partial charge is 0.450 e. The predicted octanol–water partition coefficient (Wildman–Crippen LogP) is 3.06. The summed E-state index contributed by atoms with van der Waals surface area (Å²) in [6.45, 7) is 10.5. The molecule has 56 heavy (non-hydrogen) atoms. The Morgan fingerprint density at radius 1 is 0.589 bits per heavy atom. The van der Waals surface area contributed by atoms with Crippen LogP contribution in [-0.4, -0.2) is 138 Å². The van der Waals surface area contributed by atoms with Crippen LogP contribution in [0.15, 0.2) is 12.2 Å². The molecule has 1 aliphatic carbocycles. The first-order valence-corrected chi connectivity index (χ1v) is 20.8. The fourth-order valence-corrected chi connectivity index (χ4v) is 7.47. The van der Waals surface area contributed by atoms with Crippen LogP contribution in [0.5, 0.6) is 0 Å². The number of carbonyl (C=O) groups is 6. The number of hydrogen-bond donors (Lipinski definition) is 8. The van der Waals surface area contributed by atoms with Crippen LogP contribution in [0.3, 0.4) is 0 Å². The number of hydrogen-bond acceptors (Lipinski definition) is 8. The highest BCUT2D eigenvalue weighted by Gasteiger charge is 2.35. The zero-order valence-corrected chi connectivity index (χ0v) is 33.6. The number of ether oxygens (including phenoxy) is 2. The van der Waals surface area contributed by atoms with Gasteiger partial charge < -0.3 is 61.8 Å². The zero-order chi connectivity index (χ0) is 40.4. The van der Waals surface area contributed by atoms with E-state index in [0.717, 1.165) is 32.1 Å². The minimum absolute atomic E-state index is 0.119. The Labute approximate surface area is 332 Å². The summed E-state index contributed by atoms with van der Waals surface area (Å²) in [7, 11) is 0. The second-order valence-electron chi connectivity index (χ2n) is 14.5. The van der Waals surface area contributed by atoms with Gasteiger partial charge >= 0.3 is 36.3 Å². The third kappa shape index (κ3) is 17.9. The third-order valence-corrected chi connectivity index (χ3v) is 10.4. The van der Waals surface area contributed by atoms with Crippen LogP contribution in [0, 0.1) is 23.7 Å². The summed E-state index contributed by atoms with van der Waals surface area (Å²) in [4.78, 5) is 75.4. The van der Waals surface area contributed by atoms with Gasteiger partial charge in [0.05, 0.1) is 13.2 Å². The monoisotopic (exact) mass is 793 g/mol. The van der Waals surface area contributed by atoms with Crippen molar-refractivity contribution in [3.63, 3.8) is 0 Å². The van der Waals surface area contributed by atoms with E-state index in [9.17, 15) is 28.8 Å². The Morgan fingerprint density at radius 2 is 1.05 bits per heavy atom. The molecular formula is C38H68N10O8. The number of alkyl carbamates (subject to hydrolysis) is 2. The van der Waals surface area contributed by atoms with Crippen LogP contribution < -0.4 is 42.5 Å². The number of urea groups is 4. The highest BCUT2D eigenvalue weighted by Crippen LogP contribution is 2.42. The number of nitrogens with zero attached hydrogens (tertiary/aromatic N) is 2. The molecule has 3 aliphatic rings. The van der Waals surface area contributed by atoms with Gasteiger partial charge in [-0.3, -0.25) is 0 Å². The lowest BCUT2D eigenvalue weighted by Crippen LogP contribution is -2.42. The summed E-state index contributed by atoms with van der Waals surface area (Å²) in [6, 6.07) is -0.881. The van der Waals surface area contributed by atoms with Gasteiger partial charge in [0.25, 0.3) is 0 Å². The van der Waals surface area contributed by atoms with E-state index in [1.807, 2.05) is 0 Å². The minimum atomic E-state index is -0.498. The second kappa shape index (κ2) is 27.0. The smallest absolute Gasteiger partial charge is 0.407 e. The molecule has 2 heterocycles. The predicted molar refractivity (Wildman–Crippen MR) is 212 cm³/mol. The van der Waals surface area contributed by atoms with Crippen LogP contribution in [0.2, 0.25) is 0 Å². The molecule has 4 atom stereocenters. The molecular weight excluding hydrogens is 724 g/mol. The van der Waals surface area contributed by atoms with Crippen molar-refractivity contribution < 1.29 is 38.2 Å². The number of carbonyl (C=O) groups excluding carboxylic acids is 6. The number of allylic oxidation sites excluding steroid dienone is 2. The van der Waals surface area contributed by atoms with E-state index in [-0.39, 0.29) is 49.2 Å². The second-order valence-corrected chi connectivity index (χ2v) is 14.5. The van der Waals surface area contributed by atoms with E-state index < -0.39 is 12.2 Å². The van der Waals surface area contributed by atoms with Gasteiger partial charge in [-0.2, -0.15) is 0 Å². The summed E-state index contributed by atoms with van der Waals surface area (Å²) in [5, 5.41) is 21.9. The first-order valence-electron chi connectivity index (χ1n) is 20.8. The normalized spacial score (nSPS) is 20.2. The molecule has 2 fully saturated rings. The Morgan fingerprint density at radius 3 is 1.54 bits per heavy atom. The van der Waals surface area contributed by atoms with Crippen LogP contribution in [0.4, 0.5) is 28.8 Å². The van der Waals surface area contributed by atoms with E-state index >= 15 is 0 Å². The lowest BCUT2D eigenvalue weighted by Gasteiger charge is -2.40. The number of rotatable bonds is 26. The van der Waals surface area contributed by atoms with Gasteiger partial charge in [-0.05, 0) is 62.2 Å². The molecule has 2 aliphatic heterocycles. The molecule has 0 aromatic carbocycles. The van der Waals surface area contributed by atoms with Gasteiger partial charge in [0, 0.05) is 78.5 Å². The Kier molecular flexibility index (Phi) is 22.1. The van der Waals surface area contributed by atoms with Gasteiger partial charge in [-0.15, -0.1) is 0 Å². The average molecular weight is 793 g/mol. The minimum Gasteiger partial charge on any atom is -0.450 e. The van der Waals surface area contributed by atoms with E-state index in [4.69, 9.17) is 9.47 Å². The van der Waals surface area contributed by atoms with Crippen molar-refractivity contribution in [1.82, 2.24) is 52.3 Å². The summed E-state index contributed by atoms with van der Waals surface area (Å²) in [5.74, 6) is 1.37. The Balaban J connectivity index is 1.33. The first-order chi connectivity index (χ1) is 27.2. The van der Waals surface area contributed by atoms with Crippen molar-refractivity contribution in [3.8, 4) is 0 Å². The number of nitrogens with one attached hydrogen (secondary N) is 8. The molecule has 18 nitrogen and oxygen atoms in total. The Bertz CT molecular complexity index is 1260. The molecule has 4 unspecified atom stereocenters. The zero-order valence-electron chi connectivity index (χ0n) is 33.6. The summed E-state index contributed by atoms with van der Waals surface area (Å²) in [6.07, 6.45) is 12.8. The molecule has 10 amide bonds. The SMILES string of the molecule is CCCCCC1C(CCC)C=CC(CCOC(=O)NCCCNC(=O)NCCN2CCNC2=O)C1CCOC(=O)NCCCNC(=O)NCCN1CCNC1=O. The fourth-order valence-electron chi connectivity index (χ4n) is 7.47. The summed E-state index contributed by atoms with van der Waals surface area (Å²) >= 11 is 0. The molecule has 8 N–H and O–H groups in total. The van der Waals surface area contributed by atoms with Crippen LogP contribution in [0.25, 0.3) is 0 Å². The highest BCUT2D eigenvalue weighted by atomic mass is 16.6. The molecule has 0 spiro atoms. The van der Waals surface area contributed by atoms with E-state index in [1.54, 1.807) is 9.80 Å². The number of unbranched alkanes of at least 4 members (excludes halogenated alkanes) is 2. The first kappa shape index (κ1) is 45.7. The number of amides is 10. The van der Waals surface area contributed by atoms with Gasteiger partial charge in [0.15, 0.2) is 0 Å². The topological polar surface area (TPSA) is 224 Å². The maximum Gasteiger partial charge on any atom is 0.407 e. The molecule has 0 saturated carbocycles. The highest BCUT2D eigenvalue weighted by molar-refractivity contribution is 5.77. The summed E-state index contributed by atoms with van der Waals surface area (Å²) < 4.78 is 11.2. The molecule has 3 rings (SSSR count). The van der Waals surface area contributed by atoms with Gasteiger partial charge in [-0.1, -0.05) is 51.7 Å². The fraction of sp³-hybridized carbons (Fsp3) is 0.789. The molecule has 318 valence electrons. The van der Waals surface area contributed by atoms with Crippen LogP contribution in [0.1, 0.15) is 78.1 Å². The van der Waals surface area contributed by atoms with Crippen LogP contribution >= 0.6 is 0 Å². The van der Waals surface area contributed by atoms with Crippen molar-refractivity contribution in [2.24, 2.45) is 23.7 Å². The van der Waals surface area contributed by atoms with Gasteiger partial charge in [0.1, 0.15) is 0 Å². The van der Waals surface area contributed by atoms with Crippen LogP contribution in [-0.2, 0) is 9.47 Å². The molecule has 0 aromatic rings. The maximum absolute atomic E-state index is 12.5. The standard InChI is InChI=1S/C38H68N10O8/c1-3-5-6-10-31-29(9-4-2)11-12-30(13-27-55-37(53)45-17-7-15-39-33(49)41-19-23-47-25-21-43-35(47)51)32(31)14-28-56-38(54)46-18-8-16-40-34(50)42-20-24-48-26-22-44-36(48)52/h11-12,29-32H,3-10,13-28H2,1-2H3,(H,43,51)(H,44,52)(H,45,53)(H,46,54)(H2,39,41,49)(H2,40,42,50). The molecule has 0 radical (unpaired) electrons. The quantitative estimate of drug-likeness (QED) is 0.0479. The lowest BCUT2D eigenvalue weighted by molar-refractivity contribution is 0.0890. The van der Waals surface area contributed by atoms with Crippen molar-refractivity contribution >= 4 is 36.3 Å². The van der Waals surface area contributed by atoms with Crippen molar-refractivity contribution in [1.29, 1.82) is 0 Å². The van der Waals surface area contributed by atoms with E-state index in [0.29, 0.717) is 116 Å². The van der Waals surface area contributed by atoms with Gasteiger partial charge in [0.2, 0.25) is 0 Å². The van der Waals surface area contributed by atoms with Crippen molar-refractivity contribution in [2.45, 2.75) is 78.1 Å². The Hall–Kier alpha value is -4.64. The van der Waals surface area contributed by atoms with Crippen molar-refractivity contribution in [3.05, 3.63) is 12.2 Å².